The first kappa shape index (κ1) is 16.5. The zero-order valence-electron chi connectivity index (χ0n) is 13.6. The molecule has 3 amide bonds. The van der Waals surface area contributed by atoms with Crippen molar-refractivity contribution in [2.75, 3.05) is 23.9 Å². The average Bonchev–Trinajstić information content (AvgIpc) is 2.64. The lowest BCUT2D eigenvalue weighted by molar-refractivity contribution is -0.136. The van der Waals surface area contributed by atoms with Crippen LogP contribution >= 0.6 is 0 Å². The number of hydrogen-bond donors (Lipinski definition) is 2. The lowest BCUT2D eigenvalue weighted by Gasteiger charge is -2.26. The van der Waals surface area contributed by atoms with Crippen LogP contribution in [-0.4, -0.2) is 31.4 Å². The zero-order chi connectivity index (χ0) is 17.8. The number of hydrogen-bond acceptors (Lipinski definition) is 4. The molecule has 1 aliphatic heterocycles. The Hall–Kier alpha value is -3.35. The highest BCUT2D eigenvalue weighted by Crippen LogP contribution is 2.33. The quantitative estimate of drug-likeness (QED) is 0.825. The smallest absolute Gasteiger partial charge is 0.313 e. The number of fused-ring (bicyclic) bond motifs is 1. The van der Waals surface area contributed by atoms with Gasteiger partial charge >= 0.3 is 11.8 Å². The largest absolute Gasteiger partial charge is 0.482 e. The molecule has 0 saturated carbocycles. The summed E-state index contributed by atoms with van der Waals surface area (Å²) < 4.78 is 5.32. The molecule has 0 atom stereocenters. The molecule has 2 aromatic carbocycles. The van der Waals surface area contributed by atoms with Crippen LogP contribution in [0.25, 0.3) is 0 Å². The van der Waals surface area contributed by atoms with E-state index in [0.29, 0.717) is 17.1 Å². The first-order chi connectivity index (χ1) is 12.0. The third kappa shape index (κ3) is 3.77. The minimum Gasteiger partial charge on any atom is -0.482 e. The molecule has 0 aliphatic carbocycles. The van der Waals surface area contributed by atoms with Gasteiger partial charge in [-0.1, -0.05) is 30.3 Å². The van der Waals surface area contributed by atoms with Crippen molar-refractivity contribution < 1.29 is 19.1 Å². The summed E-state index contributed by atoms with van der Waals surface area (Å²) in [6, 6.07) is 14.2. The Kier molecular flexibility index (Phi) is 4.65. The molecule has 0 saturated heterocycles. The fourth-order valence-corrected chi connectivity index (χ4v) is 2.40. The minimum atomic E-state index is -0.776. The molecule has 0 fully saturated rings. The molecule has 0 spiro atoms. The van der Waals surface area contributed by atoms with Crippen LogP contribution in [0.1, 0.15) is 5.56 Å². The second kappa shape index (κ2) is 7.04. The van der Waals surface area contributed by atoms with Gasteiger partial charge in [-0.3, -0.25) is 14.4 Å². The van der Waals surface area contributed by atoms with E-state index >= 15 is 0 Å². The summed E-state index contributed by atoms with van der Waals surface area (Å²) in [5, 5.41) is 5.08. The average molecular weight is 339 g/mol. The maximum absolute atomic E-state index is 12.0. The first-order valence-corrected chi connectivity index (χ1v) is 7.71. The SMILES string of the molecule is CN1C(=O)COc2ccc(NC(=O)C(=O)NCc3ccccc3)cc21. The monoisotopic (exact) mass is 339 g/mol. The predicted octanol–water partition coefficient (Wildman–Crippen LogP) is 1.30. The van der Waals surface area contributed by atoms with Gasteiger partial charge in [-0.15, -0.1) is 0 Å². The first-order valence-electron chi connectivity index (χ1n) is 7.71. The van der Waals surface area contributed by atoms with Crippen molar-refractivity contribution in [2.45, 2.75) is 6.54 Å². The number of benzene rings is 2. The Morgan fingerprint density at radius 1 is 1.12 bits per heavy atom. The highest BCUT2D eigenvalue weighted by molar-refractivity contribution is 6.39. The Labute approximate surface area is 144 Å². The van der Waals surface area contributed by atoms with Crippen LogP contribution in [0.5, 0.6) is 5.75 Å². The number of ether oxygens (including phenoxy) is 1. The molecule has 0 unspecified atom stereocenters. The Morgan fingerprint density at radius 3 is 2.64 bits per heavy atom. The molecule has 0 bridgehead atoms. The van der Waals surface area contributed by atoms with E-state index in [9.17, 15) is 14.4 Å². The molecule has 1 aliphatic rings. The third-order valence-electron chi connectivity index (χ3n) is 3.81. The Balaban J connectivity index is 1.63. The fraction of sp³-hybridized carbons (Fsp3) is 0.167. The molecule has 7 heteroatoms. The molecular formula is C18H17N3O4. The number of likely N-dealkylation sites (N-methyl/N-ethyl adjacent to an activating group) is 1. The number of nitrogens with zero attached hydrogens (tertiary/aromatic N) is 1. The Morgan fingerprint density at radius 2 is 1.88 bits per heavy atom. The highest BCUT2D eigenvalue weighted by atomic mass is 16.5. The minimum absolute atomic E-state index is 0.0168. The number of carbonyl (C=O) groups is 3. The van der Waals surface area contributed by atoms with Crippen LogP contribution in [0.15, 0.2) is 48.5 Å². The van der Waals surface area contributed by atoms with E-state index in [-0.39, 0.29) is 19.1 Å². The second-order valence-electron chi connectivity index (χ2n) is 5.55. The lowest BCUT2D eigenvalue weighted by Crippen LogP contribution is -2.36. The van der Waals surface area contributed by atoms with Crippen molar-refractivity contribution >= 4 is 29.1 Å². The van der Waals surface area contributed by atoms with E-state index in [4.69, 9.17) is 4.74 Å². The standard InChI is InChI=1S/C18H17N3O4/c1-21-14-9-13(7-8-15(14)25-11-16(21)22)20-18(24)17(23)19-10-12-5-3-2-4-6-12/h2-9H,10-11H2,1H3,(H,19,23)(H,20,24). The molecule has 2 aromatic rings. The van der Waals surface area contributed by atoms with E-state index in [2.05, 4.69) is 10.6 Å². The summed E-state index contributed by atoms with van der Waals surface area (Å²) in [6.07, 6.45) is 0. The van der Waals surface area contributed by atoms with Gasteiger partial charge in [-0.25, -0.2) is 0 Å². The second-order valence-corrected chi connectivity index (χ2v) is 5.55. The fourth-order valence-electron chi connectivity index (χ4n) is 2.40. The van der Waals surface area contributed by atoms with Gasteiger partial charge in [0.1, 0.15) is 5.75 Å². The van der Waals surface area contributed by atoms with Crippen LogP contribution in [0.4, 0.5) is 11.4 Å². The molecular weight excluding hydrogens is 322 g/mol. The molecule has 3 rings (SSSR count). The summed E-state index contributed by atoms with van der Waals surface area (Å²) in [6.45, 7) is 0.249. The van der Waals surface area contributed by atoms with Crippen molar-refractivity contribution in [2.24, 2.45) is 0 Å². The van der Waals surface area contributed by atoms with Crippen molar-refractivity contribution in [1.82, 2.24) is 5.32 Å². The van der Waals surface area contributed by atoms with Crippen LogP contribution in [0, 0.1) is 0 Å². The number of rotatable bonds is 3. The summed E-state index contributed by atoms with van der Waals surface area (Å²) in [7, 11) is 1.63. The van der Waals surface area contributed by atoms with Crippen LogP contribution < -0.4 is 20.3 Å². The molecule has 0 aromatic heterocycles. The number of anilines is 2. The van der Waals surface area contributed by atoms with Gasteiger partial charge in [-0.2, -0.15) is 0 Å². The summed E-state index contributed by atoms with van der Waals surface area (Å²) in [5.41, 5.74) is 1.84. The predicted molar refractivity (Wildman–Crippen MR) is 92.3 cm³/mol. The molecule has 7 nitrogen and oxygen atoms in total. The van der Waals surface area contributed by atoms with E-state index in [1.807, 2.05) is 30.3 Å². The van der Waals surface area contributed by atoms with Crippen LogP contribution in [0.2, 0.25) is 0 Å². The molecule has 0 radical (unpaired) electrons. The van der Waals surface area contributed by atoms with Crippen molar-refractivity contribution in [1.29, 1.82) is 0 Å². The van der Waals surface area contributed by atoms with E-state index in [1.165, 1.54) is 4.90 Å². The van der Waals surface area contributed by atoms with Gasteiger partial charge in [-0.05, 0) is 23.8 Å². The van der Waals surface area contributed by atoms with Gasteiger partial charge in [0.05, 0.1) is 5.69 Å². The molecule has 2 N–H and O–H groups in total. The van der Waals surface area contributed by atoms with Crippen LogP contribution in [0.3, 0.4) is 0 Å². The molecule has 128 valence electrons. The zero-order valence-corrected chi connectivity index (χ0v) is 13.6. The number of carbonyl (C=O) groups excluding carboxylic acids is 3. The van der Waals surface area contributed by atoms with E-state index in [0.717, 1.165) is 5.56 Å². The van der Waals surface area contributed by atoms with Gasteiger partial charge in [0, 0.05) is 19.3 Å². The van der Waals surface area contributed by atoms with Crippen molar-refractivity contribution in [3.8, 4) is 5.75 Å². The topological polar surface area (TPSA) is 87.7 Å². The van der Waals surface area contributed by atoms with Gasteiger partial charge < -0.3 is 20.3 Å². The Bertz CT molecular complexity index is 820. The lowest BCUT2D eigenvalue weighted by atomic mass is 10.2. The maximum Gasteiger partial charge on any atom is 0.313 e. The summed E-state index contributed by atoms with van der Waals surface area (Å²) in [5.74, 6) is -1.14. The normalized spacial score (nSPS) is 12.8. The molecule has 25 heavy (non-hydrogen) atoms. The number of nitrogens with one attached hydrogen (secondary N) is 2. The summed E-state index contributed by atoms with van der Waals surface area (Å²) in [4.78, 5) is 37.0. The van der Waals surface area contributed by atoms with Crippen LogP contribution in [-0.2, 0) is 20.9 Å². The third-order valence-corrected chi connectivity index (χ3v) is 3.81. The molecule has 1 heterocycles. The van der Waals surface area contributed by atoms with E-state index < -0.39 is 11.8 Å². The maximum atomic E-state index is 12.0. The van der Waals surface area contributed by atoms with E-state index in [1.54, 1.807) is 25.2 Å². The van der Waals surface area contributed by atoms with Gasteiger partial charge in [0.2, 0.25) is 0 Å². The number of amides is 3. The van der Waals surface area contributed by atoms with Gasteiger partial charge in [0.15, 0.2) is 6.61 Å². The van der Waals surface area contributed by atoms with Crippen molar-refractivity contribution in [3.63, 3.8) is 0 Å². The van der Waals surface area contributed by atoms with Gasteiger partial charge in [0.25, 0.3) is 5.91 Å². The van der Waals surface area contributed by atoms with Crippen molar-refractivity contribution in [3.05, 3.63) is 54.1 Å². The highest BCUT2D eigenvalue weighted by Gasteiger charge is 2.23. The summed E-state index contributed by atoms with van der Waals surface area (Å²) >= 11 is 0.